The third-order valence-electron chi connectivity index (χ3n) is 17.4. The van der Waals surface area contributed by atoms with E-state index in [4.69, 9.17) is 37.0 Å². The van der Waals surface area contributed by atoms with Crippen LogP contribution < -0.4 is 0 Å². The van der Waals surface area contributed by atoms with Crippen molar-refractivity contribution < 1.29 is 80.2 Å². The molecule has 0 bridgehead atoms. The molecular weight excluding hydrogens is 1230 g/mol. The monoisotopic (exact) mass is 1380 g/mol. The van der Waals surface area contributed by atoms with Crippen molar-refractivity contribution in [2.75, 3.05) is 39.6 Å². The molecule has 0 aliphatic heterocycles. The SMILES string of the molecule is CCCCCCCCCCCCCCCCCCC(=O)OC[C@H](COP(=O)(O)OC[C@@H](O)COP(=O)(O)OC[C@@H](COC(=O)CCCCCCCCC(C)C)OC(=O)CCCCCCCCCCCCC(C)C)OC(=O)CCCCCCCCCCCCCCCC(C)C. The van der Waals surface area contributed by atoms with E-state index in [0.717, 1.165) is 108 Å². The minimum atomic E-state index is -4.96. The van der Waals surface area contributed by atoms with Gasteiger partial charge < -0.3 is 33.8 Å². The maximum absolute atomic E-state index is 13.1. The van der Waals surface area contributed by atoms with Gasteiger partial charge in [0.15, 0.2) is 12.2 Å². The largest absolute Gasteiger partial charge is 0.472 e. The van der Waals surface area contributed by atoms with Gasteiger partial charge in [-0.25, -0.2) is 9.13 Å². The quantitative estimate of drug-likeness (QED) is 0.0222. The van der Waals surface area contributed by atoms with E-state index in [1.165, 1.54) is 186 Å². The number of aliphatic hydroxyl groups excluding tert-OH is 1. The Bertz CT molecular complexity index is 1840. The van der Waals surface area contributed by atoms with E-state index in [1.807, 2.05) is 0 Å². The van der Waals surface area contributed by atoms with Crippen molar-refractivity contribution in [3.8, 4) is 0 Å². The van der Waals surface area contributed by atoms with Gasteiger partial charge in [0.25, 0.3) is 0 Å². The van der Waals surface area contributed by atoms with Crippen LogP contribution in [0.15, 0.2) is 0 Å². The molecule has 0 saturated heterocycles. The molecule has 0 saturated carbocycles. The summed E-state index contributed by atoms with van der Waals surface area (Å²) < 4.78 is 68.5. The number of unbranched alkanes of at least 4 members (excludes halogenated alkanes) is 41. The summed E-state index contributed by atoms with van der Waals surface area (Å²) in [5.74, 6) is 0.0974. The first kappa shape index (κ1) is 92.1. The lowest BCUT2D eigenvalue weighted by Crippen LogP contribution is -2.30. The number of phosphoric ester groups is 2. The zero-order valence-corrected chi connectivity index (χ0v) is 63.2. The predicted molar refractivity (Wildman–Crippen MR) is 381 cm³/mol. The van der Waals surface area contributed by atoms with Gasteiger partial charge in [-0.1, -0.05) is 331 Å². The molecule has 0 heterocycles. The highest BCUT2D eigenvalue weighted by atomic mass is 31.2. The molecule has 0 amide bonds. The van der Waals surface area contributed by atoms with Crippen molar-refractivity contribution in [2.24, 2.45) is 17.8 Å². The number of aliphatic hydroxyl groups is 1. The van der Waals surface area contributed by atoms with E-state index < -0.39 is 97.5 Å². The number of ether oxygens (including phenoxy) is 4. The van der Waals surface area contributed by atoms with Crippen LogP contribution >= 0.6 is 15.6 Å². The summed E-state index contributed by atoms with van der Waals surface area (Å²) in [6.07, 6.45) is 51.5. The molecule has 0 aromatic rings. The van der Waals surface area contributed by atoms with E-state index in [1.54, 1.807) is 0 Å². The smallest absolute Gasteiger partial charge is 0.462 e. The molecule has 2 unspecified atom stereocenters. The van der Waals surface area contributed by atoms with Gasteiger partial charge in [-0.2, -0.15) is 0 Å². The first-order valence-electron chi connectivity index (χ1n) is 38.8. The highest BCUT2D eigenvalue weighted by Crippen LogP contribution is 2.45. The van der Waals surface area contributed by atoms with Gasteiger partial charge in [-0.3, -0.25) is 37.3 Å². The minimum absolute atomic E-state index is 0.105. The predicted octanol–water partition coefficient (Wildman–Crippen LogP) is 21.8. The molecule has 3 N–H and O–H groups in total. The van der Waals surface area contributed by atoms with Crippen molar-refractivity contribution in [2.45, 2.75) is 401 Å². The topological polar surface area (TPSA) is 237 Å². The van der Waals surface area contributed by atoms with Crippen LogP contribution in [0.3, 0.4) is 0 Å². The minimum Gasteiger partial charge on any atom is -0.462 e. The zero-order valence-electron chi connectivity index (χ0n) is 61.4. The fraction of sp³-hybridized carbons (Fsp3) is 0.947. The van der Waals surface area contributed by atoms with Crippen LogP contribution in [-0.2, 0) is 65.4 Å². The molecule has 0 rings (SSSR count). The number of hydrogen-bond acceptors (Lipinski definition) is 15. The van der Waals surface area contributed by atoms with Crippen molar-refractivity contribution in [1.29, 1.82) is 0 Å². The Labute approximate surface area is 575 Å². The van der Waals surface area contributed by atoms with Gasteiger partial charge in [-0.05, 0) is 43.4 Å². The van der Waals surface area contributed by atoms with E-state index in [9.17, 15) is 43.2 Å². The summed E-state index contributed by atoms with van der Waals surface area (Å²) in [6, 6.07) is 0. The van der Waals surface area contributed by atoms with Gasteiger partial charge in [0.05, 0.1) is 26.4 Å². The summed E-state index contributed by atoms with van der Waals surface area (Å²) in [7, 11) is -9.91. The molecule has 19 heteroatoms. The number of carbonyl (C=O) groups excluding carboxylic acids is 4. The van der Waals surface area contributed by atoms with Crippen LogP contribution in [0.2, 0.25) is 0 Å². The van der Waals surface area contributed by atoms with Crippen molar-refractivity contribution in [1.82, 2.24) is 0 Å². The van der Waals surface area contributed by atoms with Crippen LogP contribution in [-0.4, -0.2) is 96.7 Å². The van der Waals surface area contributed by atoms with E-state index in [0.29, 0.717) is 31.6 Å². The molecule has 0 aromatic heterocycles. The highest BCUT2D eigenvalue weighted by Gasteiger charge is 2.30. The Morgan fingerprint density at radius 1 is 0.287 bits per heavy atom. The highest BCUT2D eigenvalue weighted by molar-refractivity contribution is 7.47. The van der Waals surface area contributed by atoms with Gasteiger partial charge in [0.1, 0.15) is 19.3 Å². The van der Waals surface area contributed by atoms with Gasteiger partial charge >= 0.3 is 39.5 Å². The summed E-state index contributed by atoms with van der Waals surface area (Å²) in [5, 5.41) is 10.6. The van der Waals surface area contributed by atoms with Crippen molar-refractivity contribution in [3.05, 3.63) is 0 Å². The Morgan fingerprint density at radius 3 is 0.723 bits per heavy atom. The summed E-state index contributed by atoms with van der Waals surface area (Å²) in [5.41, 5.74) is 0. The molecule has 0 aromatic carbocycles. The lowest BCUT2D eigenvalue weighted by Gasteiger charge is -2.21. The van der Waals surface area contributed by atoms with E-state index in [-0.39, 0.29) is 25.7 Å². The number of carbonyl (C=O) groups is 4. The van der Waals surface area contributed by atoms with Crippen LogP contribution in [0.1, 0.15) is 382 Å². The Kier molecular flexibility index (Phi) is 64.3. The number of esters is 4. The molecule has 0 spiro atoms. The molecule has 0 aliphatic carbocycles. The molecule has 5 atom stereocenters. The third kappa shape index (κ3) is 68.6. The molecule has 0 aliphatic rings. The fourth-order valence-corrected chi connectivity index (χ4v) is 13.0. The van der Waals surface area contributed by atoms with Crippen molar-refractivity contribution >= 4 is 39.5 Å². The first-order valence-corrected chi connectivity index (χ1v) is 41.8. The van der Waals surface area contributed by atoms with Gasteiger partial charge in [0, 0.05) is 25.7 Å². The lowest BCUT2D eigenvalue weighted by molar-refractivity contribution is -0.161. The molecule has 94 heavy (non-hydrogen) atoms. The average Bonchev–Trinajstić information content (AvgIpc) is 1.21. The number of rotatable bonds is 73. The molecule has 0 fully saturated rings. The second kappa shape index (κ2) is 65.7. The third-order valence-corrected chi connectivity index (χ3v) is 19.3. The summed E-state index contributed by atoms with van der Waals surface area (Å²) in [4.78, 5) is 72.7. The van der Waals surface area contributed by atoms with Crippen LogP contribution in [0.25, 0.3) is 0 Å². The average molecular weight is 1380 g/mol. The lowest BCUT2D eigenvalue weighted by atomic mass is 10.0. The zero-order chi connectivity index (χ0) is 69.4. The van der Waals surface area contributed by atoms with Gasteiger partial charge in [-0.15, -0.1) is 0 Å². The van der Waals surface area contributed by atoms with Crippen LogP contribution in [0, 0.1) is 17.8 Å². The summed E-state index contributed by atoms with van der Waals surface area (Å²) in [6.45, 7) is 11.8. The molecular formula is C75H146O17P2. The second-order valence-electron chi connectivity index (χ2n) is 28.5. The Morgan fingerprint density at radius 2 is 0.489 bits per heavy atom. The maximum Gasteiger partial charge on any atom is 0.472 e. The second-order valence-corrected chi connectivity index (χ2v) is 31.4. The summed E-state index contributed by atoms with van der Waals surface area (Å²) >= 11 is 0. The first-order chi connectivity index (χ1) is 45.2. The number of phosphoric acid groups is 2. The molecule has 558 valence electrons. The standard InChI is InChI=1S/C75H146O17P2/c1-8-9-10-11-12-13-14-15-16-17-20-23-29-34-42-49-56-72(77)85-62-70(91-74(79)58-51-44-35-30-24-21-18-19-22-27-32-39-46-53-66(2)3)64-89-93(81,82)87-60-69(76)61-88-94(83,84)90-65-71(63-86-73(78)57-50-43-38-37-41-48-55-68(6)7)92-75(80)59-52-45-36-31-26-25-28-33-40-47-54-67(4)5/h66-71,76H,8-65H2,1-7H3,(H,81,82)(H,83,84)/t69-,70-,71-/m1/s1. The number of hydrogen-bond donors (Lipinski definition) is 3. The Balaban J connectivity index is 5.24. The Hall–Kier alpha value is -1.94. The van der Waals surface area contributed by atoms with Crippen LogP contribution in [0.4, 0.5) is 0 Å². The van der Waals surface area contributed by atoms with Gasteiger partial charge in [0.2, 0.25) is 0 Å². The fourth-order valence-electron chi connectivity index (χ4n) is 11.4. The molecule has 17 nitrogen and oxygen atoms in total. The maximum atomic E-state index is 13.1. The normalized spacial score (nSPS) is 14.1. The van der Waals surface area contributed by atoms with E-state index in [2.05, 4.69) is 48.5 Å². The van der Waals surface area contributed by atoms with Crippen LogP contribution in [0.5, 0.6) is 0 Å². The molecule has 0 radical (unpaired) electrons. The van der Waals surface area contributed by atoms with Crippen molar-refractivity contribution in [3.63, 3.8) is 0 Å². The van der Waals surface area contributed by atoms with E-state index >= 15 is 0 Å².